The van der Waals surface area contributed by atoms with Crippen molar-refractivity contribution in [3.05, 3.63) is 52.1 Å². The Kier molecular flexibility index (Phi) is 6.44. The number of carbonyl (C=O) groups is 1. The van der Waals surface area contributed by atoms with E-state index in [9.17, 15) is 13.2 Å². The van der Waals surface area contributed by atoms with Crippen molar-refractivity contribution in [2.45, 2.75) is 11.8 Å². The first-order valence-corrected chi connectivity index (χ1v) is 10.9. The number of aromatic nitrogens is 1. The normalized spacial score (nSPS) is 15.5. The molecule has 1 aromatic carbocycles. The molecule has 10 heteroatoms. The van der Waals surface area contributed by atoms with Gasteiger partial charge in [0.1, 0.15) is 10.7 Å². The molecule has 0 unspecified atom stereocenters. The number of carbonyl (C=O) groups excluding carboxylic acids is 1. The van der Waals surface area contributed by atoms with Crippen LogP contribution in [-0.2, 0) is 14.8 Å². The van der Waals surface area contributed by atoms with E-state index in [-0.39, 0.29) is 23.0 Å². The highest BCUT2D eigenvalue weighted by Crippen LogP contribution is 2.28. The number of sulfonamides is 1. The van der Waals surface area contributed by atoms with Crippen molar-refractivity contribution in [1.29, 1.82) is 0 Å². The summed E-state index contributed by atoms with van der Waals surface area (Å²) in [5, 5.41) is 0.454. The Morgan fingerprint density at radius 3 is 2.46 bits per heavy atom. The lowest BCUT2D eigenvalue weighted by Gasteiger charge is -2.34. The molecule has 7 nitrogen and oxygen atoms in total. The SMILES string of the molecule is CCOC(=O)c1ccc(N2CCN(S(=O)(=O)c3cc(Cl)ccc3Cl)CC2)nc1. The molecule has 2 aromatic rings. The van der Waals surface area contributed by atoms with Crippen LogP contribution in [0, 0.1) is 0 Å². The zero-order valence-electron chi connectivity index (χ0n) is 15.1. The summed E-state index contributed by atoms with van der Waals surface area (Å²) in [5.74, 6) is 0.252. The lowest BCUT2D eigenvalue weighted by atomic mass is 10.2. The third-order valence-electron chi connectivity index (χ3n) is 4.33. The van der Waals surface area contributed by atoms with Crippen molar-refractivity contribution in [2.75, 3.05) is 37.7 Å². The number of ether oxygens (including phenoxy) is 1. The van der Waals surface area contributed by atoms with Crippen LogP contribution in [0.25, 0.3) is 0 Å². The van der Waals surface area contributed by atoms with E-state index in [2.05, 4.69) is 4.98 Å². The highest BCUT2D eigenvalue weighted by molar-refractivity contribution is 7.89. The van der Waals surface area contributed by atoms with Crippen LogP contribution < -0.4 is 4.90 Å². The van der Waals surface area contributed by atoms with Gasteiger partial charge in [0.15, 0.2) is 0 Å². The zero-order valence-corrected chi connectivity index (χ0v) is 17.5. The smallest absolute Gasteiger partial charge is 0.339 e. The first-order valence-electron chi connectivity index (χ1n) is 8.66. The maximum absolute atomic E-state index is 12.9. The molecule has 1 aliphatic heterocycles. The molecular formula is C18H19Cl2N3O4S. The van der Waals surface area contributed by atoms with Crippen LogP contribution in [0.4, 0.5) is 5.82 Å². The third kappa shape index (κ3) is 4.41. The number of piperazine rings is 1. The first kappa shape index (κ1) is 20.9. The molecule has 0 saturated carbocycles. The standard InChI is InChI=1S/C18H19Cl2N3O4S/c1-2-27-18(24)13-3-6-17(21-12-13)22-7-9-23(10-8-22)28(25,26)16-11-14(19)4-5-15(16)20/h3-6,11-12H,2,7-10H2,1H3. The average Bonchev–Trinajstić information content (AvgIpc) is 2.70. The highest BCUT2D eigenvalue weighted by Gasteiger charge is 2.30. The Balaban J connectivity index is 1.69. The Labute approximate surface area is 173 Å². The van der Waals surface area contributed by atoms with Gasteiger partial charge in [-0.05, 0) is 37.3 Å². The molecule has 1 fully saturated rings. The molecule has 0 N–H and O–H groups in total. The summed E-state index contributed by atoms with van der Waals surface area (Å²) < 4.78 is 32.1. The fourth-order valence-corrected chi connectivity index (χ4v) is 5.04. The summed E-state index contributed by atoms with van der Waals surface area (Å²) in [5.41, 5.74) is 0.377. The van der Waals surface area contributed by atoms with E-state index in [1.165, 1.54) is 22.6 Å². The van der Waals surface area contributed by atoms with Crippen molar-refractivity contribution in [3.63, 3.8) is 0 Å². The fourth-order valence-electron chi connectivity index (χ4n) is 2.88. The van der Waals surface area contributed by atoms with Crippen molar-refractivity contribution in [3.8, 4) is 0 Å². The van der Waals surface area contributed by atoms with Crippen LogP contribution in [0.15, 0.2) is 41.4 Å². The lowest BCUT2D eigenvalue weighted by Crippen LogP contribution is -2.49. The average molecular weight is 444 g/mol. The fraction of sp³-hybridized carbons (Fsp3) is 0.333. The second-order valence-electron chi connectivity index (χ2n) is 6.09. The summed E-state index contributed by atoms with van der Waals surface area (Å²) in [7, 11) is -3.74. The molecule has 28 heavy (non-hydrogen) atoms. The molecule has 0 aliphatic carbocycles. The van der Waals surface area contributed by atoms with E-state index in [4.69, 9.17) is 27.9 Å². The van der Waals surface area contributed by atoms with E-state index in [1.54, 1.807) is 25.1 Å². The highest BCUT2D eigenvalue weighted by atomic mass is 35.5. The third-order valence-corrected chi connectivity index (χ3v) is 6.95. The van der Waals surface area contributed by atoms with Gasteiger partial charge in [-0.3, -0.25) is 0 Å². The number of halogens is 2. The number of anilines is 1. The topological polar surface area (TPSA) is 79.8 Å². The largest absolute Gasteiger partial charge is 0.462 e. The quantitative estimate of drug-likeness (QED) is 0.660. The molecule has 0 atom stereocenters. The number of benzene rings is 1. The van der Waals surface area contributed by atoms with Crippen LogP contribution in [0.5, 0.6) is 0 Å². The van der Waals surface area contributed by atoms with Crippen LogP contribution in [0.3, 0.4) is 0 Å². The first-order chi connectivity index (χ1) is 13.3. The minimum atomic E-state index is -3.74. The summed E-state index contributed by atoms with van der Waals surface area (Å²) >= 11 is 12.0. The molecule has 1 aliphatic rings. The Bertz CT molecular complexity index is 959. The monoisotopic (exact) mass is 443 g/mol. The Morgan fingerprint density at radius 2 is 1.86 bits per heavy atom. The molecular weight excluding hydrogens is 425 g/mol. The maximum Gasteiger partial charge on any atom is 0.339 e. The van der Waals surface area contributed by atoms with Crippen molar-refractivity contribution in [1.82, 2.24) is 9.29 Å². The van der Waals surface area contributed by atoms with E-state index < -0.39 is 16.0 Å². The molecule has 0 radical (unpaired) electrons. The van der Waals surface area contributed by atoms with Gasteiger partial charge in [-0.25, -0.2) is 18.2 Å². The maximum atomic E-state index is 12.9. The molecule has 150 valence electrons. The van der Waals surface area contributed by atoms with Crippen LogP contribution in [0.1, 0.15) is 17.3 Å². The van der Waals surface area contributed by atoms with Crippen molar-refractivity contribution < 1.29 is 17.9 Å². The minimum absolute atomic E-state index is 0.00651. The van der Waals surface area contributed by atoms with Gasteiger partial charge in [0.25, 0.3) is 0 Å². The molecule has 0 bridgehead atoms. The summed E-state index contributed by atoms with van der Waals surface area (Å²) in [4.78, 5) is 18.0. The lowest BCUT2D eigenvalue weighted by molar-refractivity contribution is 0.0526. The second-order valence-corrected chi connectivity index (χ2v) is 8.84. The Hall–Kier alpha value is -1.87. The predicted molar refractivity (Wildman–Crippen MR) is 108 cm³/mol. The molecule has 0 amide bonds. The zero-order chi connectivity index (χ0) is 20.3. The van der Waals surface area contributed by atoms with Crippen LogP contribution >= 0.6 is 23.2 Å². The Morgan fingerprint density at radius 1 is 1.14 bits per heavy atom. The molecule has 3 rings (SSSR count). The van der Waals surface area contributed by atoms with Gasteiger partial charge in [-0.15, -0.1) is 0 Å². The summed E-state index contributed by atoms with van der Waals surface area (Å²) in [6.45, 7) is 3.53. The van der Waals surface area contributed by atoms with Gasteiger partial charge in [0, 0.05) is 37.4 Å². The van der Waals surface area contributed by atoms with E-state index in [0.717, 1.165) is 0 Å². The van der Waals surface area contributed by atoms with Gasteiger partial charge in [-0.1, -0.05) is 23.2 Å². The van der Waals surface area contributed by atoms with E-state index in [0.29, 0.717) is 36.1 Å². The van der Waals surface area contributed by atoms with Crippen molar-refractivity contribution in [2.24, 2.45) is 0 Å². The second kappa shape index (κ2) is 8.65. The predicted octanol–water partition coefficient (Wildman–Crippen LogP) is 3.08. The number of pyridine rings is 1. The van der Waals surface area contributed by atoms with Crippen LogP contribution in [-0.4, -0.2) is 56.5 Å². The van der Waals surface area contributed by atoms with E-state index >= 15 is 0 Å². The van der Waals surface area contributed by atoms with Gasteiger partial charge in [0.05, 0.1) is 17.2 Å². The number of esters is 1. The molecule has 1 saturated heterocycles. The molecule has 0 spiro atoms. The van der Waals surface area contributed by atoms with Gasteiger partial charge in [-0.2, -0.15) is 4.31 Å². The summed E-state index contributed by atoms with van der Waals surface area (Å²) in [6.07, 6.45) is 1.46. The molecule has 2 heterocycles. The summed E-state index contributed by atoms with van der Waals surface area (Å²) in [6, 6.07) is 7.76. The minimum Gasteiger partial charge on any atom is -0.462 e. The number of rotatable bonds is 5. The molecule has 1 aromatic heterocycles. The van der Waals surface area contributed by atoms with E-state index in [1.807, 2.05) is 4.90 Å². The van der Waals surface area contributed by atoms with Gasteiger partial charge >= 0.3 is 5.97 Å². The number of hydrogen-bond donors (Lipinski definition) is 0. The number of hydrogen-bond acceptors (Lipinski definition) is 6. The van der Waals surface area contributed by atoms with Gasteiger partial charge < -0.3 is 9.64 Å². The van der Waals surface area contributed by atoms with Gasteiger partial charge in [0.2, 0.25) is 10.0 Å². The number of nitrogens with zero attached hydrogens (tertiary/aromatic N) is 3. The van der Waals surface area contributed by atoms with Crippen LogP contribution in [0.2, 0.25) is 10.0 Å². The van der Waals surface area contributed by atoms with Crippen molar-refractivity contribution >= 4 is 45.0 Å².